The molecule has 168 valence electrons. The van der Waals surface area contributed by atoms with Gasteiger partial charge < -0.3 is 24.4 Å². The van der Waals surface area contributed by atoms with Crippen molar-refractivity contribution in [1.82, 2.24) is 10.2 Å². The highest BCUT2D eigenvalue weighted by atomic mass is 35.5. The Bertz CT molecular complexity index is 704. The minimum Gasteiger partial charge on any atom is -0.489 e. The van der Waals surface area contributed by atoms with Crippen LogP contribution in [0.3, 0.4) is 0 Å². The Morgan fingerprint density at radius 1 is 1.30 bits per heavy atom. The topological polar surface area (TPSA) is 60.0 Å². The first kappa shape index (κ1) is 23.3. The maximum Gasteiger partial charge on any atom is 0.251 e. The Labute approximate surface area is 185 Å². The lowest BCUT2D eigenvalue weighted by Crippen LogP contribution is -2.44. The number of likely N-dealkylation sites (tertiary alicyclic amines) is 1. The number of benzene rings is 1. The maximum absolute atomic E-state index is 12.1. The summed E-state index contributed by atoms with van der Waals surface area (Å²) < 4.78 is 17.0. The normalized spacial score (nSPS) is 22.6. The van der Waals surface area contributed by atoms with Gasteiger partial charge in [-0.2, -0.15) is 0 Å². The molecule has 2 fully saturated rings. The van der Waals surface area contributed by atoms with Crippen molar-refractivity contribution in [3.8, 4) is 5.75 Å². The predicted molar refractivity (Wildman–Crippen MR) is 119 cm³/mol. The molecule has 3 rings (SSSR count). The lowest BCUT2D eigenvalue weighted by molar-refractivity contribution is -0.0782. The van der Waals surface area contributed by atoms with Crippen LogP contribution in [0.2, 0.25) is 5.02 Å². The number of hydrogen-bond acceptors (Lipinski definition) is 5. The third kappa shape index (κ3) is 6.84. The van der Waals surface area contributed by atoms with Crippen LogP contribution in [0.5, 0.6) is 5.75 Å². The molecule has 2 aliphatic rings. The van der Waals surface area contributed by atoms with E-state index in [2.05, 4.69) is 24.1 Å². The molecule has 0 aliphatic carbocycles. The minimum absolute atomic E-state index is 0.00788. The molecule has 1 amide bonds. The maximum atomic E-state index is 12.1. The zero-order valence-electron chi connectivity index (χ0n) is 18.4. The number of piperidine rings is 1. The van der Waals surface area contributed by atoms with Gasteiger partial charge in [0.05, 0.1) is 17.2 Å². The summed E-state index contributed by atoms with van der Waals surface area (Å²) in [6.07, 6.45) is 4.42. The number of ether oxygens (including phenoxy) is 3. The van der Waals surface area contributed by atoms with Crippen LogP contribution in [0, 0.1) is 5.92 Å². The Balaban J connectivity index is 1.45. The third-order valence-electron chi connectivity index (χ3n) is 5.93. The molecule has 0 saturated carbocycles. The molecule has 1 atom stereocenters. The summed E-state index contributed by atoms with van der Waals surface area (Å²) in [5.41, 5.74) is 0.533. The van der Waals surface area contributed by atoms with Crippen LogP contribution in [0.1, 0.15) is 49.9 Å². The summed E-state index contributed by atoms with van der Waals surface area (Å²) in [7, 11) is 1.60. The van der Waals surface area contributed by atoms with Crippen molar-refractivity contribution in [2.75, 3.05) is 46.5 Å². The highest BCUT2D eigenvalue weighted by Crippen LogP contribution is 2.31. The van der Waals surface area contributed by atoms with Crippen molar-refractivity contribution in [3.63, 3.8) is 0 Å². The molecular formula is C23H35ClN2O4. The van der Waals surface area contributed by atoms with Crippen molar-refractivity contribution in [3.05, 3.63) is 28.8 Å². The molecule has 2 saturated heterocycles. The van der Waals surface area contributed by atoms with Crippen molar-refractivity contribution in [2.45, 2.75) is 51.2 Å². The molecule has 1 N–H and O–H groups in total. The molecule has 7 heteroatoms. The van der Waals surface area contributed by atoms with Gasteiger partial charge in [-0.1, -0.05) is 11.6 Å². The van der Waals surface area contributed by atoms with Crippen molar-refractivity contribution < 1.29 is 19.0 Å². The summed E-state index contributed by atoms with van der Waals surface area (Å²) in [6, 6.07) is 5.22. The van der Waals surface area contributed by atoms with Crippen LogP contribution in [0.4, 0.5) is 0 Å². The molecule has 6 nitrogen and oxygen atoms in total. The van der Waals surface area contributed by atoms with Gasteiger partial charge in [-0.05, 0) is 63.6 Å². The van der Waals surface area contributed by atoms with Gasteiger partial charge >= 0.3 is 0 Å². The fraction of sp³-hybridized carbons (Fsp3) is 0.696. The number of nitrogens with one attached hydrogen (secondary N) is 1. The molecule has 0 radical (unpaired) electrons. The average molecular weight is 439 g/mol. The van der Waals surface area contributed by atoms with E-state index < -0.39 is 0 Å². The van der Waals surface area contributed by atoms with E-state index in [1.54, 1.807) is 25.3 Å². The van der Waals surface area contributed by atoms with Gasteiger partial charge in [-0.3, -0.25) is 4.79 Å². The number of carbonyl (C=O) groups excluding carboxylic acids is 1. The van der Waals surface area contributed by atoms with E-state index in [1.807, 2.05) is 0 Å². The smallest absolute Gasteiger partial charge is 0.251 e. The molecule has 0 aromatic heterocycles. The summed E-state index contributed by atoms with van der Waals surface area (Å²) >= 11 is 6.39. The second kappa shape index (κ2) is 10.8. The van der Waals surface area contributed by atoms with Crippen molar-refractivity contribution in [2.24, 2.45) is 5.92 Å². The van der Waals surface area contributed by atoms with E-state index in [0.29, 0.717) is 35.4 Å². The van der Waals surface area contributed by atoms with E-state index in [4.69, 9.17) is 25.8 Å². The third-order valence-corrected chi connectivity index (χ3v) is 6.22. The Hall–Kier alpha value is -1.34. The van der Waals surface area contributed by atoms with Gasteiger partial charge in [0.1, 0.15) is 11.9 Å². The molecule has 1 aromatic rings. The van der Waals surface area contributed by atoms with E-state index in [1.165, 1.54) is 0 Å². The molecule has 30 heavy (non-hydrogen) atoms. The highest BCUT2D eigenvalue weighted by molar-refractivity contribution is 6.32. The predicted octanol–water partition coefficient (Wildman–Crippen LogP) is 3.76. The summed E-state index contributed by atoms with van der Waals surface area (Å²) in [5, 5.41) is 3.27. The van der Waals surface area contributed by atoms with E-state index in [9.17, 15) is 4.79 Å². The van der Waals surface area contributed by atoms with Gasteiger partial charge in [0.2, 0.25) is 0 Å². The first-order valence-electron chi connectivity index (χ1n) is 11.0. The standard InChI is InChI=1S/C23H35ClN2O4/c1-23(2)15-17(8-12-29-23)16-26-10-6-19(7-11-26)30-21-5-4-18(14-20(21)24)22(27)25-9-13-28-3/h4-5,14,17,19H,6-13,15-16H2,1-3H3,(H,25,27)/t17-/m0/s1. The Morgan fingerprint density at radius 2 is 2.07 bits per heavy atom. The van der Waals surface area contributed by atoms with Gasteiger partial charge in [0.15, 0.2) is 0 Å². The molecule has 2 aliphatic heterocycles. The van der Waals surface area contributed by atoms with Gasteiger partial charge in [-0.15, -0.1) is 0 Å². The Kier molecular flexibility index (Phi) is 8.40. The highest BCUT2D eigenvalue weighted by Gasteiger charge is 2.31. The molecule has 0 unspecified atom stereocenters. The van der Waals surface area contributed by atoms with Crippen LogP contribution in [-0.2, 0) is 9.47 Å². The molecule has 0 spiro atoms. The number of amides is 1. The fourth-order valence-electron chi connectivity index (χ4n) is 4.37. The number of carbonyl (C=O) groups is 1. The number of nitrogens with zero attached hydrogens (tertiary/aromatic N) is 1. The van der Waals surface area contributed by atoms with E-state index in [0.717, 1.165) is 51.9 Å². The van der Waals surface area contributed by atoms with E-state index in [-0.39, 0.29) is 17.6 Å². The van der Waals surface area contributed by atoms with Crippen LogP contribution in [0.15, 0.2) is 18.2 Å². The lowest BCUT2D eigenvalue weighted by Gasteiger charge is -2.39. The minimum atomic E-state index is -0.162. The average Bonchev–Trinajstić information content (AvgIpc) is 2.70. The van der Waals surface area contributed by atoms with Crippen LogP contribution in [0.25, 0.3) is 0 Å². The Morgan fingerprint density at radius 3 is 2.73 bits per heavy atom. The zero-order chi connectivity index (χ0) is 21.6. The van der Waals surface area contributed by atoms with Crippen molar-refractivity contribution in [1.29, 1.82) is 0 Å². The quantitative estimate of drug-likeness (QED) is 0.626. The fourth-order valence-corrected chi connectivity index (χ4v) is 4.60. The monoisotopic (exact) mass is 438 g/mol. The largest absolute Gasteiger partial charge is 0.489 e. The van der Waals surface area contributed by atoms with Gasteiger partial charge in [0.25, 0.3) is 5.91 Å². The SMILES string of the molecule is COCCNC(=O)c1ccc(OC2CCN(C[C@H]3CCOC(C)(C)C3)CC2)c(Cl)c1. The van der Waals surface area contributed by atoms with Gasteiger partial charge in [-0.25, -0.2) is 0 Å². The summed E-state index contributed by atoms with van der Waals surface area (Å²) in [5.74, 6) is 1.20. The summed E-state index contributed by atoms with van der Waals surface area (Å²) in [4.78, 5) is 14.7. The molecular weight excluding hydrogens is 404 g/mol. The van der Waals surface area contributed by atoms with Crippen LogP contribution in [-0.4, -0.2) is 69.0 Å². The first-order valence-corrected chi connectivity index (χ1v) is 11.3. The number of rotatable bonds is 8. The lowest BCUT2D eigenvalue weighted by atomic mass is 9.87. The number of methoxy groups -OCH3 is 1. The molecule has 0 bridgehead atoms. The molecule has 1 aromatic carbocycles. The zero-order valence-corrected chi connectivity index (χ0v) is 19.2. The van der Waals surface area contributed by atoms with Crippen LogP contribution < -0.4 is 10.1 Å². The summed E-state index contributed by atoms with van der Waals surface area (Å²) in [6.45, 7) is 9.43. The van der Waals surface area contributed by atoms with Crippen LogP contribution >= 0.6 is 11.6 Å². The first-order chi connectivity index (χ1) is 14.4. The number of hydrogen-bond donors (Lipinski definition) is 1. The number of halogens is 1. The molecule has 2 heterocycles. The second-order valence-corrected chi connectivity index (χ2v) is 9.39. The van der Waals surface area contributed by atoms with E-state index >= 15 is 0 Å². The van der Waals surface area contributed by atoms with Crippen molar-refractivity contribution >= 4 is 17.5 Å². The van der Waals surface area contributed by atoms with Gasteiger partial charge in [0, 0.05) is 45.5 Å². The second-order valence-electron chi connectivity index (χ2n) is 8.98.